The molecule has 0 aliphatic carbocycles. The number of nitrogens with zero attached hydrogens (tertiary/aromatic N) is 1. The topological polar surface area (TPSA) is 79.2 Å². The summed E-state index contributed by atoms with van der Waals surface area (Å²) in [4.78, 5) is 24.6. The molecule has 3 aromatic carbocycles. The molecule has 0 aromatic heterocycles. The van der Waals surface area contributed by atoms with Crippen molar-refractivity contribution in [3.05, 3.63) is 95.6 Å². The van der Waals surface area contributed by atoms with Crippen molar-refractivity contribution in [1.29, 1.82) is 5.26 Å². The minimum absolute atomic E-state index is 0.111. The summed E-state index contributed by atoms with van der Waals surface area (Å²) in [6.07, 6.45) is 0. The first-order valence-electron chi connectivity index (χ1n) is 8.28. The Hall–Kier alpha value is -3.91. The van der Waals surface area contributed by atoms with Crippen molar-refractivity contribution < 1.29 is 14.3 Å². The van der Waals surface area contributed by atoms with Crippen LogP contribution in [0.15, 0.2) is 78.9 Å². The summed E-state index contributed by atoms with van der Waals surface area (Å²) < 4.78 is 5.40. The van der Waals surface area contributed by atoms with E-state index in [9.17, 15) is 9.59 Å². The van der Waals surface area contributed by atoms with Crippen LogP contribution in [0.25, 0.3) is 0 Å². The molecule has 0 aliphatic heterocycles. The second-order valence-corrected chi connectivity index (χ2v) is 5.75. The molecule has 0 unspecified atom stereocenters. The van der Waals surface area contributed by atoms with E-state index in [0.717, 1.165) is 0 Å². The number of hydrogen-bond donors (Lipinski definition) is 1. The van der Waals surface area contributed by atoms with Gasteiger partial charge in [-0.25, -0.2) is 0 Å². The van der Waals surface area contributed by atoms with E-state index in [2.05, 4.69) is 5.32 Å². The Morgan fingerprint density at radius 1 is 0.889 bits per heavy atom. The highest BCUT2D eigenvalue weighted by Gasteiger charge is 2.10. The van der Waals surface area contributed by atoms with Crippen LogP contribution in [0.5, 0.6) is 5.75 Å². The van der Waals surface area contributed by atoms with Gasteiger partial charge < -0.3 is 10.1 Å². The van der Waals surface area contributed by atoms with Crippen LogP contribution in [0.2, 0.25) is 0 Å². The van der Waals surface area contributed by atoms with Crippen molar-refractivity contribution in [2.24, 2.45) is 0 Å². The van der Waals surface area contributed by atoms with Crippen molar-refractivity contribution in [1.82, 2.24) is 0 Å². The molecule has 0 spiro atoms. The largest absolute Gasteiger partial charge is 0.484 e. The molecule has 3 rings (SSSR count). The van der Waals surface area contributed by atoms with Gasteiger partial charge in [-0.2, -0.15) is 5.26 Å². The van der Waals surface area contributed by atoms with Gasteiger partial charge in [0, 0.05) is 16.8 Å². The number of amides is 1. The van der Waals surface area contributed by atoms with Gasteiger partial charge in [0.2, 0.25) is 0 Å². The number of ketones is 1. The van der Waals surface area contributed by atoms with Gasteiger partial charge in [0.05, 0.1) is 11.6 Å². The molecule has 0 fully saturated rings. The van der Waals surface area contributed by atoms with Gasteiger partial charge in [-0.15, -0.1) is 0 Å². The molecule has 1 N–H and O–H groups in total. The minimum Gasteiger partial charge on any atom is -0.484 e. The summed E-state index contributed by atoms with van der Waals surface area (Å²) in [5, 5.41) is 11.5. The van der Waals surface area contributed by atoms with Gasteiger partial charge in [0.1, 0.15) is 5.75 Å². The molecule has 0 bridgehead atoms. The van der Waals surface area contributed by atoms with Gasteiger partial charge in [0.15, 0.2) is 12.4 Å². The maximum Gasteiger partial charge on any atom is 0.262 e. The highest BCUT2D eigenvalue weighted by atomic mass is 16.5. The number of nitriles is 1. The van der Waals surface area contributed by atoms with E-state index in [0.29, 0.717) is 28.1 Å². The molecule has 132 valence electrons. The first kappa shape index (κ1) is 17.9. The van der Waals surface area contributed by atoms with E-state index in [4.69, 9.17) is 10.00 Å². The number of carbonyl (C=O) groups excluding carboxylic acids is 2. The van der Waals surface area contributed by atoms with Crippen LogP contribution < -0.4 is 10.1 Å². The Labute approximate surface area is 156 Å². The molecule has 0 atom stereocenters. The predicted molar refractivity (Wildman–Crippen MR) is 102 cm³/mol. The Morgan fingerprint density at radius 3 is 2.30 bits per heavy atom. The minimum atomic E-state index is -0.344. The third-order valence-corrected chi connectivity index (χ3v) is 3.80. The van der Waals surface area contributed by atoms with E-state index < -0.39 is 0 Å². The quantitative estimate of drug-likeness (QED) is 0.681. The summed E-state index contributed by atoms with van der Waals surface area (Å²) >= 11 is 0. The Balaban J connectivity index is 1.61. The third kappa shape index (κ3) is 4.80. The van der Waals surface area contributed by atoms with Gasteiger partial charge in [-0.3, -0.25) is 9.59 Å². The maximum absolute atomic E-state index is 12.5. The zero-order valence-electron chi connectivity index (χ0n) is 14.4. The molecular formula is C22H16N2O3. The first-order chi connectivity index (χ1) is 13.2. The number of nitrogens with one attached hydrogen (secondary N) is 1. The number of carbonyl (C=O) groups is 2. The lowest BCUT2D eigenvalue weighted by molar-refractivity contribution is -0.118. The normalized spacial score (nSPS) is 9.89. The summed E-state index contributed by atoms with van der Waals surface area (Å²) in [5.74, 6) is 0.0429. The zero-order valence-corrected chi connectivity index (χ0v) is 14.4. The predicted octanol–water partition coefficient (Wildman–Crippen LogP) is 3.81. The van der Waals surface area contributed by atoms with E-state index in [-0.39, 0.29) is 18.3 Å². The number of hydrogen-bond acceptors (Lipinski definition) is 4. The summed E-state index contributed by atoms with van der Waals surface area (Å²) in [5.41, 5.74) is 2.12. The second-order valence-electron chi connectivity index (χ2n) is 5.75. The van der Waals surface area contributed by atoms with Crippen LogP contribution in [0.1, 0.15) is 21.5 Å². The highest BCUT2D eigenvalue weighted by molar-refractivity contribution is 6.09. The van der Waals surface area contributed by atoms with E-state index in [1.54, 1.807) is 72.8 Å². The number of rotatable bonds is 6. The van der Waals surface area contributed by atoms with Gasteiger partial charge in [-0.05, 0) is 36.4 Å². The van der Waals surface area contributed by atoms with Crippen molar-refractivity contribution in [2.45, 2.75) is 0 Å². The van der Waals surface area contributed by atoms with Gasteiger partial charge >= 0.3 is 0 Å². The van der Waals surface area contributed by atoms with Crippen LogP contribution in [-0.4, -0.2) is 18.3 Å². The zero-order chi connectivity index (χ0) is 19.1. The Kier molecular flexibility index (Phi) is 5.60. The standard InChI is InChI=1S/C22H16N2O3/c23-14-16-9-11-20(12-10-16)27-15-21(25)24-19-8-4-7-18(13-19)22(26)17-5-2-1-3-6-17/h1-13H,15H2,(H,24,25). The van der Waals surface area contributed by atoms with Crippen LogP contribution in [0.4, 0.5) is 5.69 Å². The van der Waals surface area contributed by atoms with Crippen LogP contribution in [-0.2, 0) is 4.79 Å². The summed E-state index contributed by atoms with van der Waals surface area (Å²) in [6, 6.07) is 24.2. The van der Waals surface area contributed by atoms with Gasteiger partial charge in [-0.1, -0.05) is 42.5 Å². The van der Waals surface area contributed by atoms with E-state index in [1.807, 2.05) is 12.1 Å². The van der Waals surface area contributed by atoms with Crippen molar-refractivity contribution in [2.75, 3.05) is 11.9 Å². The average molecular weight is 356 g/mol. The average Bonchev–Trinajstić information content (AvgIpc) is 2.73. The van der Waals surface area contributed by atoms with Crippen molar-refractivity contribution in [3.63, 3.8) is 0 Å². The van der Waals surface area contributed by atoms with Crippen LogP contribution in [0, 0.1) is 11.3 Å². The number of anilines is 1. The summed E-state index contributed by atoms with van der Waals surface area (Å²) in [7, 11) is 0. The number of ether oxygens (including phenoxy) is 1. The maximum atomic E-state index is 12.5. The smallest absolute Gasteiger partial charge is 0.262 e. The molecule has 0 radical (unpaired) electrons. The molecule has 0 heterocycles. The monoisotopic (exact) mass is 356 g/mol. The molecule has 0 saturated carbocycles. The fourth-order valence-electron chi connectivity index (χ4n) is 2.47. The molecule has 0 saturated heterocycles. The van der Waals surface area contributed by atoms with Crippen LogP contribution >= 0.6 is 0 Å². The molecule has 27 heavy (non-hydrogen) atoms. The van der Waals surface area contributed by atoms with Crippen LogP contribution in [0.3, 0.4) is 0 Å². The second kappa shape index (κ2) is 8.45. The highest BCUT2D eigenvalue weighted by Crippen LogP contribution is 2.16. The Morgan fingerprint density at radius 2 is 1.59 bits per heavy atom. The lowest BCUT2D eigenvalue weighted by Gasteiger charge is -2.09. The molecule has 5 heteroatoms. The fraction of sp³-hybridized carbons (Fsp3) is 0.0455. The lowest BCUT2D eigenvalue weighted by Crippen LogP contribution is -2.20. The molecular weight excluding hydrogens is 340 g/mol. The summed E-state index contributed by atoms with van der Waals surface area (Å²) in [6.45, 7) is -0.178. The number of benzene rings is 3. The van der Waals surface area contributed by atoms with Crippen molar-refractivity contribution in [3.8, 4) is 11.8 Å². The lowest BCUT2D eigenvalue weighted by atomic mass is 10.0. The molecule has 1 amide bonds. The van der Waals surface area contributed by atoms with Gasteiger partial charge in [0.25, 0.3) is 5.91 Å². The molecule has 0 aliphatic rings. The van der Waals surface area contributed by atoms with E-state index >= 15 is 0 Å². The Bertz CT molecular complexity index is 990. The molecule has 3 aromatic rings. The first-order valence-corrected chi connectivity index (χ1v) is 8.28. The van der Waals surface area contributed by atoms with Crippen molar-refractivity contribution >= 4 is 17.4 Å². The molecule has 5 nitrogen and oxygen atoms in total. The van der Waals surface area contributed by atoms with E-state index in [1.165, 1.54) is 0 Å². The fourth-order valence-corrected chi connectivity index (χ4v) is 2.47. The SMILES string of the molecule is N#Cc1ccc(OCC(=O)Nc2cccc(C(=O)c3ccccc3)c2)cc1. The third-order valence-electron chi connectivity index (χ3n) is 3.80.